The fraction of sp³-hybridized carbons (Fsp3) is 0.667. The zero-order chi connectivity index (χ0) is 13.6. The van der Waals surface area contributed by atoms with Crippen molar-refractivity contribution in [3.05, 3.63) is 29.8 Å². The van der Waals surface area contributed by atoms with E-state index in [0.29, 0.717) is 12.0 Å². The molecule has 0 radical (unpaired) electrons. The summed E-state index contributed by atoms with van der Waals surface area (Å²) < 4.78 is 6.11. The first-order valence-corrected chi connectivity index (χ1v) is 8.14. The molecule has 0 saturated heterocycles. The summed E-state index contributed by atoms with van der Waals surface area (Å²) in [6.07, 6.45) is 8.77. The van der Waals surface area contributed by atoms with Gasteiger partial charge < -0.3 is 10.5 Å². The van der Waals surface area contributed by atoms with Gasteiger partial charge in [0.25, 0.3) is 0 Å². The predicted molar refractivity (Wildman–Crippen MR) is 81.1 cm³/mol. The first-order chi connectivity index (χ1) is 9.72. The van der Waals surface area contributed by atoms with Crippen LogP contribution in [-0.4, -0.2) is 6.61 Å². The molecule has 2 heteroatoms. The van der Waals surface area contributed by atoms with E-state index in [1.165, 1.54) is 38.5 Å². The van der Waals surface area contributed by atoms with Gasteiger partial charge in [0.05, 0.1) is 13.2 Å². The fourth-order valence-electron chi connectivity index (χ4n) is 5.51. The van der Waals surface area contributed by atoms with E-state index in [2.05, 4.69) is 6.07 Å². The number of ether oxygens (including phenoxy) is 1. The van der Waals surface area contributed by atoms with Gasteiger partial charge in [-0.1, -0.05) is 18.2 Å². The van der Waals surface area contributed by atoms with Crippen LogP contribution < -0.4 is 5.73 Å². The monoisotopic (exact) mass is 271 g/mol. The lowest BCUT2D eigenvalue weighted by atomic mass is 9.50. The molecule has 5 rings (SSSR count). The molecular formula is C18H25NO. The Morgan fingerprint density at radius 3 is 2.20 bits per heavy atom. The Hall–Kier alpha value is -1.02. The summed E-state index contributed by atoms with van der Waals surface area (Å²) in [5, 5.41) is 0. The molecule has 4 bridgehead atoms. The van der Waals surface area contributed by atoms with Crippen molar-refractivity contribution in [3.8, 4) is 0 Å². The third kappa shape index (κ3) is 2.24. The largest absolute Gasteiger partial charge is 0.398 e. The molecule has 0 heterocycles. The molecule has 0 unspecified atom stereocenters. The highest BCUT2D eigenvalue weighted by Gasteiger charge is 2.50. The molecule has 0 spiro atoms. The Balaban J connectivity index is 1.39. The molecule has 1 aromatic rings. The first-order valence-electron chi connectivity index (χ1n) is 8.14. The standard InChI is InChI=1S/C18H25NO/c19-17-4-2-1-3-16(17)11-20-12-18-8-13-5-14(9-18)7-15(6-13)10-18/h1-4,13-15H,5-12,19H2. The maximum absolute atomic E-state index is 6.11. The smallest absolute Gasteiger partial charge is 0.0737 e. The van der Waals surface area contributed by atoms with Crippen LogP contribution in [0.1, 0.15) is 44.1 Å². The van der Waals surface area contributed by atoms with Gasteiger partial charge >= 0.3 is 0 Å². The van der Waals surface area contributed by atoms with E-state index in [-0.39, 0.29) is 0 Å². The van der Waals surface area contributed by atoms with Crippen molar-refractivity contribution >= 4 is 5.69 Å². The van der Waals surface area contributed by atoms with Gasteiger partial charge in [0.2, 0.25) is 0 Å². The van der Waals surface area contributed by atoms with Crippen molar-refractivity contribution in [3.63, 3.8) is 0 Å². The minimum Gasteiger partial charge on any atom is -0.398 e. The molecule has 4 aliphatic carbocycles. The summed E-state index contributed by atoms with van der Waals surface area (Å²) in [4.78, 5) is 0. The van der Waals surface area contributed by atoms with E-state index >= 15 is 0 Å². The second-order valence-corrected chi connectivity index (χ2v) is 7.61. The lowest BCUT2D eigenvalue weighted by Crippen LogP contribution is -2.48. The van der Waals surface area contributed by atoms with Gasteiger partial charge in [-0.2, -0.15) is 0 Å². The Kier molecular flexibility index (Phi) is 3.03. The zero-order valence-corrected chi connectivity index (χ0v) is 12.2. The van der Waals surface area contributed by atoms with Crippen LogP contribution in [0.5, 0.6) is 0 Å². The van der Waals surface area contributed by atoms with Gasteiger partial charge in [0, 0.05) is 11.3 Å². The number of nitrogen functional groups attached to an aromatic ring is 1. The SMILES string of the molecule is Nc1ccccc1COCC12CC3CC(CC(C3)C1)C2. The minimum absolute atomic E-state index is 0.512. The Morgan fingerprint density at radius 2 is 1.60 bits per heavy atom. The third-order valence-corrected chi connectivity index (χ3v) is 5.89. The van der Waals surface area contributed by atoms with Gasteiger partial charge in [0.1, 0.15) is 0 Å². The van der Waals surface area contributed by atoms with Gasteiger partial charge in [-0.3, -0.25) is 0 Å². The van der Waals surface area contributed by atoms with Crippen LogP contribution in [0.25, 0.3) is 0 Å². The van der Waals surface area contributed by atoms with Crippen LogP contribution in [0.2, 0.25) is 0 Å². The summed E-state index contributed by atoms with van der Waals surface area (Å²) in [5.74, 6) is 3.02. The average molecular weight is 271 g/mol. The highest BCUT2D eigenvalue weighted by atomic mass is 16.5. The number of para-hydroxylation sites is 1. The molecule has 2 N–H and O–H groups in total. The number of hydrogen-bond acceptors (Lipinski definition) is 2. The van der Waals surface area contributed by atoms with E-state index in [1.807, 2.05) is 18.2 Å². The maximum atomic E-state index is 6.11. The van der Waals surface area contributed by atoms with Gasteiger partial charge in [0.15, 0.2) is 0 Å². The van der Waals surface area contributed by atoms with Gasteiger partial charge in [-0.15, -0.1) is 0 Å². The van der Waals surface area contributed by atoms with Gasteiger partial charge in [-0.25, -0.2) is 0 Å². The highest BCUT2D eigenvalue weighted by Crippen LogP contribution is 2.60. The summed E-state index contributed by atoms with van der Waals surface area (Å²) >= 11 is 0. The van der Waals surface area contributed by atoms with Crippen molar-refractivity contribution < 1.29 is 4.74 Å². The number of anilines is 1. The second kappa shape index (κ2) is 4.77. The maximum Gasteiger partial charge on any atom is 0.0737 e. The number of benzene rings is 1. The molecule has 4 aliphatic rings. The normalized spacial score (nSPS) is 38.3. The Morgan fingerprint density at radius 1 is 1.00 bits per heavy atom. The molecule has 2 nitrogen and oxygen atoms in total. The Labute approximate surface area is 121 Å². The molecule has 0 atom stereocenters. The van der Waals surface area contributed by atoms with Crippen LogP contribution in [0.15, 0.2) is 24.3 Å². The lowest BCUT2D eigenvalue weighted by molar-refractivity contribution is -0.0993. The first kappa shape index (κ1) is 12.7. The van der Waals surface area contributed by atoms with Crippen molar-refractivity contribution in [1.29, 1.82) is 0 Å². The van der Waals surface area contributed by atoms with Crippen molar-refractivity contribution in [2.24, 2.45) is 23.2 Å². The molecule has 4 fully saturated rings. The minimum atomic E-state index is 0.512. The van der Waals surface area contributed by atoms with Crippen LogP contribution >= 0.6 is 0 Å². The Bertz CT molecular complexity index is 461. The third-order valence-electron chi connectivity index (χ3n) is 5.89. The summed E-state index contributed by atoms with van der Waals surface area (Å²) in [7, 11) is 0. The summed E-state index contributed by atoms with van der Waals surface area (Å²) in [6.45, 7) is 1.62. The molecule has 0 aromatic heterocycles. The highest BCUT2D eigenvalue weighted by molar-refractivity contribution is 5.45. The quantitative estimate of drug-likeness (QED) is 0.840. The topological polar surface area (TPSA) is 35.2 Å². The van der Waals surface area contributed by atoms with E-state index in [1.54, 1.807) is 0 Å². The van der Waals surface area contributed by atoms with Crippen molar-refractivity contribution in [1.82, 2.24) is 0 Å². The molecule has 4 saturated carbocycles. The average Bonchev–Trinajstić information content (AvgIpc) is 2.39. The number of hydrogen-bond donors (Lipinski definition) is 1. The van der Waals surface area contributed by atoms with Crippen LogP contribution in [0, 0.1) is 23.2 Å². The predicted octanol–water partition coefficient (Wildman–Crippen LogP) is 4.00. The number of nitrogens with two attached hydrogens (primary N) is 1. The van der Waals surface area contributed by atoms with Crippen molar-refractivity contribution in [2.75, 3.05) is 12.3 Å². The molecule has 108 valence electrons. The molecule has 1 aromatic carbocycles. The molecule has 0 aliphatic heterocycles. The summed E-state index contributed by atoms with van der Waals surface area (Å²) in [5.41, 5.74) is 8.50. The molecule has 20 heavy (non-hydrogen) atoms. The van der Waals surface area contributed by atoms with Gasteiger partial charge in [-0.05, 0) is 67.8 Å². The van der Waals surface area contributed by atoms with Crippen molar-refractivity contribution in [2.45, 2.75) is 45.1 Å². The summed E-state index contributed by atoms with van der Waals surface area (Å²) in [6, 6.07) is 8.07. The van der Waals surface area contributed by atoms with E-state index < -0.39 is 0 Å². The van der Waals surface area contributed by atoms with E-state index in [0.717, 1.165) is 35.6 Å². The lowest BCUT2D eigenvalue weighted by Gasteiger charge is -2.56. The van der Waals surface area contributed by atoms with Crippen LogP contribution in [0.4, 0.5) is 5.69 Å². The van der Waals surface area contributed by atoms with Crippen LogP contribution in [-0.2, 0) is 11.3 Å². The second-order valence-electron chi connectivity index (χ2n) is 7.61. The zero-order valence-electron chi connectivity index (χ0n) is 12.2. The molecule has 0 amide bonds. The van der Waals surface area contributed by atoms with E-state index in [4.69, 9.17) is 10.5 Å². The number of rotatable bonds is 4. The van der Waals surface area contributed by atoms with E-state index in [9.17, 15) is 0 Å². The fourth-order valence-corrected chi connectivity index (χ4v) is 5.51. The van der Waals surface area contributed by atoms with Crippen LogP contribution in [0.3, 0.4) is 0 Å². The molecular weight excluding hydrogens is 246 g/mol.